The van der Waals surface area contributed by atoms with Gasteiger partial charge in [-0.3, -0.25) is 0 Å². The summed E-state index contributed by atoms with van der Waals surface area (Å²) < 4.78 is 5.21. The SMILES string of the molecule is CCN(CCOC)c1nc(-c2ccccc2O)nc2cc(Cl)ccc12. The molecular weight excluding hydrogens is 338 g/mol. The van der Waals surface area contributed by atoms with Gasteiger partial charge in [0.25, 0.3) is 0 Å². The van der Waals surface area contributed by atoms with E-state index in [1.165, 1.54) is 0 Å². The fourth-order valence-corrected chi connectivity index (χ4v) is 2.89. The number of hydrogen-bond donors (Lipinski definition) is 1. The second-order valence-electron chi connectivity index (χ2n) is 5.62. The van der Waals surface area contributed by atoms with E-state index in [0.717, 1.165) is 23.3 Å². The molecule has 0 spiro atoms. The van der Waals surface area contributed by atoms with Gasteiger partial charge >= 0.3 is 0 Å². The van der Waals surface area contributed by atoms with Gasteiger partial charge in [-0.15, -0.1) is 0 Å². The molecule has 0 aliphatic heterocycles. The lowest BCUT2D eigenvalue weighted by atomic mass is 10.1. The van der Waals surface area contributed by atoms with Gasteiger partial charge < -0.3 is 14.7 Å². The maximum Gasteiger partial charge on any atom is 0.165 e. The van der Waals surface area contributed by atoms with Gasteiger partial charge in [-0.05, 0) is 37.3 Å². The summed E-state index contributed by atoms with van der Waals surface area (Å²) in [5.74, 6) is 1.42. The van der Waals surface area contributed by atoms with E-state index >= 15 is 0 Å². The number of ether oxygens (including phenoxy) is 1. The number of hydrogen-bond acceptors (Lipinski definition) is 5. The highest BCUT2D eigenvalue weighted by atomic mass is 35.5. The maximum absolute atomic E-state index is 10.2. The van der Waals surface area contributed by atoms with Crippen LogP contribution in [0.5, 0.6) is 5.75 Å². The molecule has 0 radical (unpaired) electrons. The Labute approximate surface area is 151 Å². The van der Waals surface area contributed by atoms with E-state index in [9.17, 15) is 5.11 Å². The van der Waals surface area contributed by atoms with E-state index < -0.39 is 0 Å². The van der Waals surface area contributed by atoms with Crippen molar-refractivity contribution in [2.75, 3.05) is 31.7 Å². The quantitative estimate of drug-likeness (QED) is 0.718. The van der Waals surface area contributed by atoms with Crippen molar-refractivity contribution >= 4 is 28.3 Å². The van der Waals surface area contributed by atoms with Crippen molar-refractivity contribution in [2.45, 2.75) is 6.92 Å². The van der Waals surface area contributed by atoms with Crippen LogP contribution in [0.15, 0.2) is 42.5 Å². The van der Waals surface area contributed by atoms with Crippen molar-refractivity contribution in [1.29, 1.82) is 0 Å². The van der Waals surface area contributed by atoms with Crippen LogP contribution >= 0.6 is 11.6 Å². The monoisotopic (exact) mass is 357 g/mol. The Morgan fingerprint density at radius 1 is 1.16 bits per heavy atom. The van der Waals surface area contributed by atoms with Gasteiger partial charge in [-0.2, -0.15) is 0 Å². The zero-order chi connectivity index (χ0) is 17.8. The van der Waals surface area contributed by atoms with Gasteiger partial charge in [0.15, 0.2) is 5.82 Å². The predicted molar refractivity (Wildman–Crippen MR) is 101 cm³/mol. The highest BCUT2D eigenvalue weighted by Gasteiger charge is 2.16. The molecule has 2 aromatic carbocycles. The Kier molecular flexibility index (Phi) is 5.36. The molecule has 25 heavy (non-hydrogen) atoms. The number of aromatic nitrogens is 2. The predicted octanol–water partition coefficient (Wildman–Crippen LogP) is 4.13. The number of aromatic hydroxyl groups is 1. The van der Waals surface area contributed by atoms with Gasteiger partial charge in [0.1, 0.15) is 11.6 Å². The van der Waals surface area contributed by atoms with Gasteiger partial charge in [-0.25, -0.2) is 9.97 Å². The zero-order valence-corrected chi connectivity index (χ0v) is 15.0. The van der Waals surface area contributed by atoms with Crippen LogP contribution in [0.2, 0.25) is 5.02 Å². The van der Waals surface area contributed by atoms with Crippen LogP contribution in [-0.2, 0) is 4.74 Å². The summed E-state index contributed by atoms with van der Waals surface area (Å²) >= 11 is 6.15. The van der Waals surface area contributed by atoms with Crippen LogP contribution in [0.4, 0.5) is 5.82 Å². The number of halogens is 1. The van der Waals surface area contributed by atoms with E-state index in [0.29, 0.717) is 29.6 Å². The third kappa shape index (κ3) is 3.67. The van der Waals surface area contributed by atoms with E-state index in [2.05, 4.69) is 16.8 Å². The molecule has 3 rings (SSSR count). The summed E-state index contributed by atoms with van der Waals surface area (Å²) in [5.41, 5.74) is 1.33. The molecule has 1 heterocycles. The Morgan fingerprint density at radius 2 is 1.96 bits per heavy atom. The number of phenols is 1. The third-order valence-electron chi connectivity index (χ3n) is 4.03. The Hall–Kier alpha value is -2.37. The van der Waals surface area contributed by atoms with Crippen LogP contribution in [0.3, 0.4) is 0 Å². The number of benzene rings is 2. The summed E-state index contributed by atoms with van der Waals surface area (Å²) in [6.07, 6.45) is 0. The highest BCUT2D eigenvalue weighted by Crippen LogP contribution is 2.32. The van der Waals surface area contributed by atoms with Crippen LogP contribution in [-0.4, -0.2) is 41.9 Å². The lowest BCUT2D eigenvalue weighted by Crippen LogP contribution is -2.28. The van der Waals surface area contributed by atoms with Crippen molar-refractivity contribution in [3.63, 3.8) is 0 Å². The van der Waals surface area contributed by atoms with E-state index in [4.69, 9.17) is 21.3 Å². The molecule has 6 heteroatoms. The zero-order valence-electron chi connectivity index (χ0n) is 14.2. The topological polar surface area (TPSA) is 58.5 Å². The summed E-state index contributed by atoms with van der Waals surface area (Å²) in [6.45, 7) is 4.15. The normalized spacial score (nSPS) is 11.0. The fraction of sp³-hybridized carbons (Fsp3) is 0.263. The minimum Gasteiger partial charge on any atom is -0.507 e. The Morgan fingerprint density at radius 3 is 2.68 bits per heavy atom. The van der Waals surface area contributed by atoms with Crippen molar-refractivity contribution in [3.05, 3.63) is 47.5 Å². The first-order valence-corrected chi connectivity index (χ1v) is 8.51. The molecule has 0 aliphatic rings. The molecule has 0 amide bonds. The lowest BCUT2D eigenvalue weighted by Gasteiger charge is -2.23. The second kappa shape index (κ2) is 7.68. The molecule has 5 nitrogen and oxygen atoms in total. The number of methoxy groups -OCH3 is 1. The largest absolute Gasteiger partial charge is 0.507 e. The number of phenolic OH excluding ortho intramolecular Hbond substituents is 1. The first kappa shape index (κ1) is 17.5. The van der Waals surface area contributed by atoms with Crippen molar-refractivity contribution < 1.29 is 9.84 Å². The number of anilines is 1. The molecule has 0 fully saturated rings. The lowest BCUT2D eigenvalue weighted by molar-refractivity contribution is 0.205. The van der Waals surface area contributed by atoms with Crippen molar-refractivity contribution in [3.8, 4) is 17.1 Å². The van der Waals surface area contributed by atoms with Crippen LogP contribution in [0.1, 0.15) is 6.92 Å². The summed E-state index contributed by atoms with van der Waals surface area (Å²) in [7, 11) is 1.68. The molecule has 1 N–H and O–H groups in total. The number of rotatable bonds is 6. The molecule has 1 aromatic heterocycles. The first-order valence-electron chi connectivity index (χ1n) is 8.13. The van der Waals surface area contributed by atoms with Crippen LogP contribution < -0.4 is 4.90 Å². The van der Waals surface area contributed by atoms with Gasteiger partial charge in [0, 0.05) is 30.6 Å². The smallest absolute Gasteiger partial charge is 0.165 e. The standard InChI is InChI=1S/C19H20ClN3O2/c1-3-23(10-11-25-2)19-14-9-8-13(20)12-16(14)21-18(22-19)15-6-4-5-7-17(15)24/h4-9,12,24H,3,10-11H2,1-2H3. The van der Waals surface area contributed by atoms with Crippen molar-refractivity contribution in [2.24, 2.45) is 0 Å². The second-order valence-corrected chi connectivity index (χ2v) is 6.06. The van der Waals surface area contributed by atoms with Crippen molar-refractivity contribution in [1.82, 2.24) is 9.97 Å². The first-order chi connectivity index (χ1) is 12.1. The maximum atomic E-state index is 10.2. The summed E-state index contributed by atoms with van der Waals surface area (Å²) in [6, 6.07) is 12.6. The summed E-state index contributed by atoms with van der Waals surface area (Å²) in [4.78, 5) is 11.5. The van der Waals surface area contributed by atoms with E-state index in [1.54, 1.807) is 25.3 Å². The van der Waals surface area contributed by atoms with E-state index in [1.807, 2.05) is 24.3 Å². The minimum atomic E-state index is 0.148. The van der Waals surface area contributed by atoms with Crippen LogP contribution in [0, 0.1) is 0 Å². The molecule has 3 aromatic rings. The molecule has 0 saturated carbocycles. The average molecular weight is 358 g/mol. The van der Waals surface area contributed by atoms with Gasteiger partial charge in [0.05, 0.1) is 17.7 Å². The Bertz CT molecular complexity index is 886. The summed E-state index contributed by atoms with van der Waals surface area (Å²) in [5, 5.41) is 11.7. The molecule has 0 atom stereocenters. The molecule has 130 valence electrons. The molecule has 0 unspecified atom stereocenters. The molecule has 0 bridgehead atoms. The molecular formula is C19H20ClN3O2. The average Bonchev–Trinajstić information content (AvgIpc) is 2.62. The van der Waals surface area contributed by atoms with Gasteiger partial charge in [0.2, 0.25) is 0 Å². The minimum absolute atomic E-state index is 0.148. The number of para-hydroxylation sites is 1. The highest BCUT2D eigenvalue weighted by molar-refractivity contribution is 6.31. The van der Waals surface area contributed by atoms with E-state index in [-0.39, 0.29) is 5.75 Å². The van der Waals surface area contributed by atoms with Crippen LogP contribution in [0.25, 0.3) is 22.3 Å². The molecule has 0 aliphatic carbocycles. The molecule has 0 saturated heterocycles. The number of fused-ring (bicyclic) bond motifs is 1. The van der Waals surface area contributed by atoms with Gasteiger partial charge in [-0.1, -0.05) is 23.7 Å². The number of likely N-dealkylation sites (N-methyl/N-ethyl adjacent to an activating group) is 1. The number of nitrogens with zero attached hydrogens (tertiary/aromatic N) is 3. The third-order valence-corrected chi connectivity index (χ3v) is 4.27. The Balaban J connectivity index is 2.21. The fourth-order valence-electron chi connectivity index (χ4n) is 2.73.